The predicted molar refractivity (Wildman–Crippen MR) is 127 cm³/mol. The van der Waals surface area contributed by atoms with Gasteiger partial charge in [0.1, 0.15) is 17.7 Å². The smallest absolute Gasteiger partial charge is 0.361 e. The highest BCUT2D eigenvalue weighted by Crippen LogP contribution is 2.36. The van der Waals surface area contributed by atoms with Gasteiger partial charge in [0.2, 0.25) is 0 Å². The van der Waals surface area contributed by atoms with Crippen molar-refractivity contribution in [3.05, 3.63) is 107 Å². The maximum absolute atomic E-state index is 14.8. The van der Waals surface area contributed by atoms with E-state index < -0.39 is 23.4 Å². The lowest BCUT2D eigenvalue weighted by Crippen LogP contribution is -2.23. The van der Waals surface area contributed by atoms with E-state index in [1.165, 1.54) is 29.2 Å². The molecule has 0 saturated heterocycles. The van der Waals surface area contributed by atoms with E-state index in [2.05, 4.69) is 25.2 Å². The number of amides is 1. The van der Waals surface area contributed by atoms with Gasteiger partial charge in [0.05, 0.1) is 11.8 Å². The first-order chi connectivity index (χ1) is 17.7. The van der Waals surface area contributed by atoms with Crippen molar-refractivity contribution < 1.29 is 22.4 Å². The van der Waals surface area contributed by atoms with Gasteiger partial charge in [0, 0.05) is 46.5 Å². The summed E-state index contributed by atoms with van der Waals surface area (Å²) in [5.41, 5.74) is 1.35. The number of rotatable bonds is 5. The number of hydrogen-bond acceptors (Lipinski definition) is 3. The van der Waals surface area contributed by atoms with Crippen LogP contribution < -0.4 is 5.32 Å². The van der Waals surface area contributed by atoms with Gasteiger partial charge < -0.3 is 15.1 Å². The van der Waals surface area contributed by atoms with Gasteiger partial charge >= 0.3 is 6.18 Å². The Hall–Kier alpha value is -4.98. The molecule has 184 valence electrons. The van der Waals surface area contributed by atoms with Crippen molar-refractivity contribution in [1.29, 1.82) is 0 Å². The fourth-order valence-electron chi connectivity index (χ4n) is 3.82. The molecule has 0 fully saturated rings. The Morgan fingerprint density at radius 3 is 2.68 bits per heavy atom. The van der Waals surface area contributed by atoms with E-state index in [1.807, 2.05) is 6.07 Å². The Morgan fingerprint density at radius 2 is 1.92 bits per heavy atom. The van der Waals surface area contributed by atoms with Crippen LogP contribution in [0.25, 0.3) is 32.6 Å². The highest BCUT2D eigenvalue weighted by molar-refractivity contribution is 5.98. The summed E-state index contributed by atoms with van der Waals surface area (Å²) in [5, 5.41) is 7.64. The van der Waals surface area contributed by atoms with Crippen molar-refractivity contribution >= 4 is 22.6 Å². The third-order valence-corrected chi connectivity index (χ3v) is 5.75. The second-order valence-corrected chi connectivity index (χ2v) is 8.12. The van der Waals surface area contributed by atoms with E-state index in [0.29, 0.717) is 16.7 Å². The van der Waals surface area contributed by atoms with E-state index >= 15 is 0 Å². The topological polar surface area (TPSA) is 80.0 Å². The summed E-state index contributed by atoms with van der Waals surface area (Å²) in [5.74, 6) is -1.66. The second-order valence-electron chi connectivity index (χ2n) is 8.12. The van der Waals surface area contributed by atoms with Crippen molar-refractivity contribution in [1.82, 2.24) is 25.1 Å². The Labute approximate surface area is 207 Å². The average molecular weight is 504 g/mol. The summed E-state index contributed by atoms with van der Waals surface area (Å²) in [6, 6.07) is 12.2. The number of halogens is 4. The van der Waals surface area contributed by atoms with E-state index in [9.17, 15) is 22.4 Å². The van der Waals surface area contributed by atoms with Crippen molar-refractivity contribution in [2.45, 2.75) is 12.7 Å². The van der Waals surface area contributed by atoms with Crippen LogP contribution in [0.1, 0.15) is 21.5 Å². The quantitative estimate of drug-likeness (QED) is 0.226. The number of hydrogen-bond donors (Lipinski definition) is 2. The van der Waals surface area contributed by atoms with Crippen LogP contribution in [0, 0.1) is 12.4 Å². The fourth-order valence-corrected chi connectivity index (χ4v) is 3.82. The molecule has 0 aliphatic rings. The van der Waals surface area contributed by atoms with E-state index in [0.717, 1.165) is 23.2 Å². The van der Waals surface area contributed by atoms with Gasteiger partial charge in [0.25, 0.3) is 11.7 Å². The summed E-state index contributed by atoms with van der Waals surface area (Å²) >= 11 is 0. The van der Waals surface area contributed by atoms with E-state index in [4.69, 9.17) is 6.57 Å². The van der Waals surface area contributed by atoms with Crippen molar-refractivity contribution in [2.75, 3.05) is 0 Å². The lowest BCUT2D eigenvalue weighted by Gasteiger charge is -2.09. The molecule has 5 aromatic rings. The third kappa shape index (κ3) is 4.77. The summed E-state index contributed by atoms with van der Waals surface area (Å²) < 4.78 is 55.7. The third-order valence-electron chi connectivity index (χ3n) is 5.75. The number of fused-ring (bicyclic) bond motifs is 1. The van der Waals surface area contributed by atoms with E-state index in [1.54, 1.807) is 30.5 Å². The zero-order valence-corrected chi connectivity index (χ0v) is 18.8. The molecule has 7 nitrogen and oxygen atoms in total. The molecule has 0 radical (unpaired) electrons. The van der Waals surface area contributed by atoms with Gasteiger partial charge in [-0.25, -0.2) is 9.07 Å². The predicted octanol–water partition coefficient (Wildman–Crippen LogP) is 6.05. The molecule has 37 heavy (non-hydrogen) atoms. The standard InChI is InChI=1S/C26H16F4N6O/c1-31-24-21(26(28,29)30)10-20(13-33-24)36-14-19(12-35-36)15-2-3-18(22(27)9-15)11-34-25(37)17-4-5-23-16(8-17)6-7-32-23/h2-10,12-14,32H,11H2,(H,34,37). The highest BCUT2D eigenvalue weighted by Gasteiger charge is 2.35. The van der Waals surface area contributed by atoms with Gasteiger partial charge in [-0.2, -0.15) is 18.3 Å². The van der Waals surface area contributed by atoms with Gasteiger partial charge in [-0.05, 0) is 42.0 Å². The van der Waals surface area contributed by atoms with Crippen LogP contribution in [0.4, 0.5) is 23.4 Å². The zero-order chi connectivity index (χ0) is 26.2. The summed E-state index contributed by atoms with van der Waals surface area (Å²) in [4.78, 5) is 21.9. The molecule has 0 atom stereocenters. The summed E-state index contributed by atoms with van der Waals surface area (Å²) in [6.45, 7) is 6.86. The van der Waals surface area contributed by atoms with Crippen LogP contribution >= 0.6 is 0 Å². The highest BCUT2D eigenvalue weighted by atomic mass is 19.4. The Morgan fingerprint density at radius 1 is 1.08 bits per heavy atom. The number of alkyl halides is 3. The van der Waals surface area contributed by atoms with Crippen LogP contribution in [0.5, 0.6) is 0 Å². The first-order valence-electron chi connectivity index (χ1n) is 10.9. The number of H-pyrrole nitrogens is 1. The van der Waals surface area contributed by atoms with Crippen molar-refractivity contribution in [3.8, 4) is 16.8 Å². The average Bonchev–Trinajstić information content (AvgIpc) is 3.56. The number of pyridine rings is 1. The van der Waals surface area contributed by atoms with Crippen LogP contribution in [0.2, 0.25) is 0 Å². The molecule has 3 aromatic heterocycles. The molecule has 11 heteroatoms. The number of benzene rings is 2. The molecular formula is C26H16F4N6O. The normalized spacial score (nSPS) is 11.4. The number of carbonyl (C=O) groups excluding carboxylic acids is 1. The first-order valence-corrected chi connectivity index (χ1v) is 10.9. The van der Waals surface area contributed by atoms with Crippen LogP contribution in [-0.2, 0) is 12.7 Å². The molecule has 3 heterocycles. The van der Waals surface area contributed by atoms with Gasteiger partial charge in [0.15, 0.2) is 0 Å². The Bertz CT molecular complexity index is 1680. The molecule has 0 aliphatic carbocycles. The van der Waals surface area contributed by atoms with Crippen LogP contribution in [0.15, 0.2) is 73.3 Å². The molecule has 1 amide bonds. The maximum Gasteiger partial charge on any atom is 0.409 e. The van der Waals surface area contributed by atoms with Crippen molar-refractivity contribution in [2.24, 2.45) is 0 Å². The Kier molecular flexibility index (Phi) is 5.93. The van der Waals surface area contributed by atoms with Crippen LogP contribution in [-0.4, -0.2) is 25.7 Å². The fraction of sp³-hybridized carbons (Fsp3) is 0.0769. The summed E-state index contributed by atoms with van der Waals surface area (Å²) in [6.07, 6.45) is 0.947. The number of nitrogens with one attached hydrogen (secondary N) is 2. The minimum atomic E-state index is -4.75. The minimum absolute atomic E-state index is 0.00334. The zero-order valence-electron chi connectivity index (χ0n) is 18.8. The molecule has 0 saturated carbocycles. The maximum atomic E-state index is 14.8. The molecule has 0 bridgehead atoms. The molecule has 5 rings (SSSR count). The second kappa shape index (κ2) is 9.23. The lowest BCUT2D eigenvalue weighted by atomic mass is 10.1. The SMILES string of the molecule is [C-]#[N+]c1ncc(-n2cc(-c3ccc(CNC(=O)c4ccc5[nH]ccc5c4)c(F)c3)cn2)cc1C(F)(F)F. The number of nitrogens with zero attached hydrogens (tertiary/aromatic N) is 4. The molecule has 0 unspecified atom stereocenters. The summed E-state index contributed by atoms with van der Waals surface area (Å²) in [7, 11) is 0. The first kappa shape index (κ1) is 23.7. The Balaban J connectivity index is 1.32. The van der Waals surface area contributed by atoms with Gasteiger partial charge in [-0.1, -0.05) is 18.7 Å². The van der Waals surface area contributed by atoms with E-state index in [-0.39, 0.29) is 23.7 Å². The number of carbonyl (C=O) groups is 1. The van der Waals surface area contributed by atoms with Crippen molar-refractivity contribution in [3.63, 3.8) is 0 Å². The molecule has 0 spiro atoms. The number of aromatic nitrogens is 4. The minimum Gasteiger partial charge on any atom is -0.361 e. The van der Waals surface area contributed by atoms with Gasteiger partial charge in [-0.15, -0.1) is 4.98 Å². The van der Waals surface area contributed by atoms with Crippen LogP contribution in [0.3, 0.4) is 0 Å². The number of aromatic amines is 1. The largest absolute Gasteiger partial charge is 0.409 e. The molecule has 2 aromatic carbocycles. The lowest BCUT2D eigenvalue weighted by molar-refractivity contribution is -0.137. The molecular weight excluding hydrogens is 488 g/mol. The van der Waals surface area contributed by atoms with Gasteiger partial charge in [-0.3, -0.25) is 4.79 Å². The monoisotopic (exact) mass is 504 g/mol. The molecule has 0 aliphatic heterocycles. The molecule has 2 N–H and O–H groups in total.